The highest BCUT2D eigenvalue weighted by molar-refractivity contribution is 7.86. The van der Waals surface area contributed by atoms with Gasteiger partial charge in [0, 0.05) is 19.6 Å². The number of rotatable bonds is 4. The molecule has 0 aromatic rings. The van der Waals surface area contributed by atoms with Crippen LogP contribution in [0.25, 0.3) is 0 Å². The van der Waals surface area contributed by atoms with Crippen molar-refractivity contribution in [1.29, 1.82) is 0 Å². The fraction of sp³-hybridized carbons (Fsp3) is 1.00. The zero-order chi connectivity index (χ0) is 14.2. The zero-order valence-corrected chi connectivity index (χ0v) is 11.8. The summed E-state index contributed by atoms with van der Waals surface area (Å²) in [6, 6.07) is 0. The topological polar surface area (TPSA) is 121 Å². The lowest BCUT2D eigenvalue weighted by Crippen LogP contribution is -2.38. The predicted octanol–water partition coefficient (Wildman–Crippen LogP) is -0.899. The molecule has 1 fully saturated rings. The summed E-state index contributed by atoms with van der Waals surface area (Å²) < 4.78 is 61.2. The number of morpholine rings is 1. The lowest BCUT2D eigenvalue weighted by Gasteiger charge is -2.25. The Morgan fingerprint density at radius 3 is 1.83 bits per heavy atom. The van der Waals surface area contributed by atoms with Gasteiger partial charge in [0.15, 0.2) is 0 Å². The normalized spacial score (nSPS) is 17.9. The van der Waals surface area contributed by atoms with Crippen LogP contribution < -0.4 is 0 Å². The van der Waals surface area contributed by atoms with Crippen molar-refractivity contribution in [2.24, 2.45) is 0 Å². The van der Waals surface area contributed by atoms with Crippen molar-refractivity contribution in [3.8, 4) is 0 Å². The number of hydrogen-bond donors (Lipinski definition) is 2. The van der Waals surface area contributed by atoms with Gasteiger partial charge in [0.25, 0.3) is 20.2 Å². The summed E-state index contributed by atoms with van der Waals surface area (Å²) in [5.41, 5.74) is 0. The molecule has 0 aliphatic carbocycles. The summed E-state index contributed by atoms with van der Waals surface area (Å²) in [6.07, 6.45) is 0. The first-order chi connectivity index (χ1) is 8.14. The van der Waals surface area contributed by atoms with Gasteiger partial charge in [-0.15, -0.1) is 0 Å². The van der Waals surface area contributed by atoms with E-state index in [0.29, 0.717) is 19.8 Å². The molecule has 1 aliphatic rings. The standard InChI is InChI=1S/C6H13NO4S.C2H6O3S/c8-12(9,10)6-3-7-1-4-11-5-2-7;1-2-6(3,4)5/h1-6H2,(H,8,9,10);2H2,1H3,(H,3,4,5). The Balaban J connectivity index is 0.000000411. The second-order valence-electron chi connectivity index (χ2n) is 3.61. The lowest BCUT2D eigenvalue weighted by molar-refractivity contribution is 0.0406. The van der Waals surface area contributed by atoms with Crippen LogP contribution >= 0.6 is 0 Å². The molecule has 1 heterocycles. The molecule has 1 saturated heterocycles. The largest absolute Gasteiger partial charge is 0.379 e. The molecule has 1 rings (SSSR count). The molecule has 0 spiro atoms. The van der Waals surface area contributed by atoms with Crippen LogP contribution in [-0.2, 0) is 25.0 Å². The molecule has 0 amide bonds. The number of hydrogen-bond acceptors (Lipinski definition) is 6. The molecule has 0 unspecified atom stereocenters. The fourth-order valence-electron chi connectivity index (χ4n) is 1.07. The first kappa shape index (κ1) is 17.7. The number of nitrogens with zero attached hydrogens (tertiary/aromatic N) is 1. The molecule has 18 heavy (non-hydrogen) atoms. The summed E-state index contributed by atoms with van der Waals surface area (Å²) in [4.78, 5) is 1.96. The monoisotopic (exact) mass is 305 g/mol. The van der Waals surface area contributed by atoms with Gasteiger partial charge in [0.2, 0.25) is 0 Å². The molecule has 1 aliphatic heterocycles. The second kappa shape index (κ2) is 8.02. The summed E-state index contributed by atoms with van der Waals surface area (Å²) in [7, 11) is -7.47. The Kier molecular flexibility index (Phi) is 7.90. The van der Waals surface area contributed by atoms with Crippen LogP contribution in [-0.4, -0.2) is 75.2 Å². The van der Waals surface area contributed by atoms with E-state index in [4.69, 9.17) is 13.8 Å². The van der Waals surface area contributed by atoms with E-state index in [1.807, 2.05) is 4.90 Å². The van der Waals surface area contributed by atoms with Gasteiger partial charge >= 0.3 is 0 Å². The van der Waals surface area contributed by atoms with Gasteiger partial charge in [-0.1, -0.05) is 0 Å². The van der Waals surface area contributed by atoms with Crippen LogP contribution in [0.5, 0.6) is 0 Å². The maximum absolute atomic E-state index is 10.4. The van der Waals surface area contributed by atoms with E-state index >= 15 is 0 Å². The van der Waals surface area contributed by atoms with Gasteiger partial charge in [0.1, 0.15) is 0 Å². The average molecular weight is 305 g/mol. The van der Waals surface area contributed by atoms with Gasteiger partial charge in [-0.25, -0.2) is 0 Å². The minimum absolute atomic E-state index is 0.188. The highest BCUT2D eigenvalue weighted by Crippen LogP contribution is 1.96. The van der Waals surface area contributed by atoms with Crippen molar-refractivity contribution >= 4 is 20.2 Å². The molecule has 0 radical (unpaired) electrons. The molecule has 0 atom stereocenters. The molecule has 8 nitrogen and oxygen atoms in total. The van der Waals surface area contributed by atoms with E-state index in [1.165, 1.54) is 6.92 Å². The van der Waals surface area contributed by atoms with Gasteiger partial charge in [-0.05, 0) is 6.92 Å². The van der Waals surface area contributed by atoms with Gasteiger partial charge < -0.3 is 4.74 Å². The maximum atomic E-state index is 10.4. The first-order valence-corrected chi connectivity index (χ1v) is 8.56. The summed E-state index contributed by atoms with van der Waals surface area (Å²) >= 11 is 0. The molecule has 0 aromatic carbocycles. The SMILES string of the molecule is CCS(=O)(=O)O.O=S(=O)(O)CCN1CCOCC1. The van der Waals surface area contributed by atoms with Crippen LogP contribution in [0.1, 0.15) is 6.92 Å². The molecule has 2 N–H and O–H groups in total. The molecule has 110 valence electrons. The van der Waals surface area contributed by atoms with Crippen LogP contribution in [0.2, 0.25) is 0 Å². The summed E-state index contributed by atoms with van der Waals surface area (Å²) in [6.45, 7) is 4.54. The predicted molar refractivity (Wildman–Crippen MR) is 65.8 cm³/mol. The van der Waals surface area contributed by atoms with E-state index < -0.39 is 20.2 Å². The highest BCUT2D eigenvalue weighted by atomic mass is 32.2. The summed E-state index contributed by atoms with van der Waals surface area (Å²) in [5.74, 6) is -0.389. The Labute approximate surface area is 107 Å². The van der Waals surface area contributed by atoms with Gasteiger partial charge in [0.05, 0.1) is 24.7 Å². The van der Waals surface area contributed by atoms with Crippen LogP contribution in [0.4, 0.5) is 0 Å². The Morgan fingerprint density at radius 1 is 1.06 bits per heavy atom. The van der Waals surface area contributed by atoms with E-state index in [1.54, 1.807) is 0 Å². The third-order valence-electron chi connectivity index (χ3n) is 2.13. The van der Waals surface area contributed by atoms with E-state index in [9.17, 15) is 16.8 Å². The smallest absolute Gasteiger partial charge is 0.266 e. The second-order valence-corrected chi connectivity index (χ2v) is 6.92. The van der Waals surface area contributed by atoms with Crippen molar-refractivity contribution in [1.82, 2.24) is 4.90 Å². The number of ether oxygens (including phenoxy) is 1. The van der Waals surface area contributed by atoms with E-state index in [2.05, 4.69) is 0 Å². The first-order valence-electron chi connectivity index (χ1n) is 5.34. The van der Waals surface area contributed by atoms with Crippen molar-refractivity contribution < 1.29 is 30.7 Å². The van der Waals surface area contributed by atoms with Crippen LogP contribution in [0, 0.1) is 0 Å². The molecule has 0 aromatic heterocycles. The zero-order valence-electron chi connectivity index (χ0n) is 10.1. The minimum Gasteiger partial charge on any atom is -0.379 e. The van der Waals surface area contributed by atoms with Gasteiger partial charge in [-0.3, -0.25) is 14.0 Å². The van der Waals surface area contributed by atoms with E-state index in [-0.39, 0.29) is 11.5 Å². The Bertz CT molecular complexity index is 411. The van der Waals surface area contributed by atoms with Crippen LogP contribution in [0.3, 0.4) is 0 Å². The molecular formula is C8H19NO7S2. The third kappa shape index (κ3) is 12.2. The molecule has 0 saturated carbocycles. The van der Waals surface area contributed by atoms with Crippen molar-refractivity contribution in [3.63, 3.8) is 0 Å². The Hall–Kier alpha value is -0.260. The van der Waals surface area contributed by atoms with Crippen LogP contribution in [0.15, 0.2) is 0 Å². The highest BCUT2D eigenvalue weighted by Gasteiger charge is 2.13. The third-order valence-corrected chi connectivity index (χ3v) is 3.56. The summed E-state index contributed by atoms with van der Waals surface area (Å²) in [5, 5.41) is 0. The van der Waals surface area contributed by atoms with Crippen molar-refractivity contribution in [2.75, 3.05) is 44.4 Å². The maximum Gasteiger partial charge on any atom is 0.266 e. The van der Waals surface area contributed by atoms with E-state index in [0.717, 1.165) is 13.1 Å². The quantitative estimate of drug-likeness (QED) is 0.641. The van der Waals surface area contributed by atoms with Crippen molar-refractivity contribution in [3.05, 3.63) is 0 Å². The minimum atomic E-state index is -3.81. The van der Waals surface area contributed by atoms with Crippen molar-refractivity contribution in [2.45, 2.75) is 6.92 Å². The average Bonchev–Trinajstić information content (AvgIpc) is 2.27. The Morgan fingerprint density at radius 2 is 1.50 bits per heavy atom. The van der Waals surface area contributed by atoms with Gasteiger partial charge in [-0.2, -0.15) is 16.8 Å². The fourth-order valence-corrected chi connectivity index (χ4v) is 1.56. The molecule has 10 heteroatoms. The molecule has 0 bridgehead atoms. The molecular weight excluding hydrogens is 286 g/mol. The lowest BCUT2D eigenvalue weighted by atomic mass is 10.4.